The Morgan fingerprint density at radius 2 is 2.00 bits per heavy atom. The van der Waals surface area contributed by atoms with Gasteiger partial charge in [0.15, 0.2) is 0 Å². The molecule has 0 bridgehead atoms. The lowest BCUT2D eigenvalue weighted by atomic mass is 10.2. The number of hydrogen-bond donors (Lipinski definition) is 0. The Bertz CT molecular complexity index is 551. The molecule has 5 nitrogen and oxygen atoms in total. The molecule has 0 amide bonds. The third-order valence-corrected chi connectivity index (χ3v) is 4.05. The fourth-order valence-electron chi connectivity index (χ4n) is 2.82. The summed E-state index contributed by atoms with van der Waals surface area (Å²) in [6.07, 6.45) is 4.54. The van der Waals surface area contributed by atoms with Gasteiger partial charge in [0, 0.05) is 26.2 Å². The molecule has 0 N–H and O–H groups in total. The summed E-state index contributed by atoms with van der Waals surface area (Å²) < 4.78 is 1.89. The molecule has 1 atom stereocenters. The van der Waals surface area contributed by atoms with E-state index in [0.29, 0.717) is 6.04 Å². The van der Waals surface area contributed by atoms with Crippen molar-refractivity contribution in [3.8, 4) is 0 Å². The van der Waals surface area contributed by atoms with Gasteiger partial charge in [-0.2, -0.15) is 5.10 Å². The largest absolute Gasteiger partial charge is 0.373 e. The molecule has 0 fully saturated rings. The zero-order valence-corrected chi connectivity index (χ0v) is 12.1. The molecule has 0 spiro atoms. The van der Waals surface area contributed by atoms with E-state index in [9.17, 15) is 0 Å². The minimum atomic E-state index is 0.532. The van der Waals surface area contributed by atoms with Crippen LogP contribution in [0.5, 0.6) is 0 Å². The highest BCUT2D eigenvalue weighted by Gasteiger charge is 2.22. The first kappa shape index (κ1) is 13.0. The molecule has 5 heteroatoms. The van der Waals surface area contributed by atoms with Gasteiger partial charge in [-0.15, -0.1) is 0 Å². The van der Waals surface area contributed by atoms with Crippen LogP contribution in [0.4, 0.5) is 11.4 Å². The van der Waals surface area contributed by atoms with Crippen LogP contribution in [0, 0.1) is 0 Å². The van der Waals surface area contributed by atoms with E-state index in [1.807, 2.05) is 4.68 Å². The lowest BCUT2D eigenvalue weighted by molar-refractivity contribution is 0.542. The van der Waals surface area contributed by atoms with Crippen molar-refractivity contribution in [2.45, 2.75) is 25.9 Å². The molecule has 106 valence electrons. The summed E-state index contributed by atoms with van der Waals surface area (Å²) >= 11 is 0. The Kier molecular flexibility index (Phi) is 3.58. The summed E-state index contributed by atoms with van der Waals surface area (Å²) in [5.41, 5.74) is 2.63. The van der Waals surface area contributed by atoms with Crippen LogP contribution in [0.15, 0.2) is 36.9 Å². The summed E-state index contributed by atoms with van der Waals surface area (Å²) in [5.74, 6) is 0. The predicted molar refractivity (Wildman–Crippen MR) is 81.2 cm³/mol. The number of para-hydroxylation sites is 2. The van der Waals surface area contributed by atoms with Crippen LogP contribution in [-0.4, -0.2) is 40.9 Å². The molecule has 1 aliphatic rings. The first-order valence-electron chi connectivity index (χ1n) is 7.15. The molecule has 20 heavy (non-hydrogen) atoms. The first-order valence-corrected chi connectivity index (χ1v) is 7.15. The van der Waals surface area contributed by atoms with Gasteiger partial charge in [0.25, 0.3) is 0 Å². The van der Waals surface area contributed by atoms with E-state index in [0.717, 1.165) is 19.6 Å². The van der Waals surface area contributed by atoms with Crippen LogP contribution in [-0.2, 0) is 6.54 Å². The Hall–Kier alpha value is -2.04. The van der Waals surface area contributed by atoms with Crippen molar-refractivity contribution < 1.29 is 0 Å². The second kappa shape index (κ2) is 5.53. The highest BCUT2D eigenvalue weighted by atomic mass is 15.3. The topological polar surface area (TPSA) is 37.2 Å². The third-order valence-electron chi connectivity index (χ3n) is 4.05. The average Bonchev–Trinajstić information content (AvgIpc) is 2.95. The van der Waals surface area contributed by atoms with Gasteiger partial charge in [0.05, 0.1) is 17.9 Å². The molecular formula is C15H21N5. The second-order valence-corrected chi connectivity index (χ2v) is 5.40. The van der Waals surface area contributed by atoms with Crippen LogP contribution in [0.1, 0.15) is 13.3 Å². The van der Waals surface area contributed by atoms with E-state index < -0.39 is 0 Å². The fraction of sp³-hybridized carbons (Fsp3) is 0.467. The van der Waals surface area contributed by atoms with Gasteiger partial charge in [0.1, 0.15) is 12.7 Å². The highest BCUT2D eigenvalue weighted by Crippen LogP contribution is 2.33. The Morgan fingerprint density at radius 3 is 2.75 bits per heavy atom. The molecule has 1 aromatic heterocycles. The summed E-state index contributed by atoms with van der Waals surface area (Å²) in [7, 11) is 2.17. The maximum Gasteiger partial charge on any atom is 0.137 e. The van der Waals surface area contributed by atoms with Gasteiger partial charge < -0.3 is 9.80 Å². The van der Waals surface area contributed by atoms with Crippen molar-refractivity contribution in [3.63, 3.8) is 0 Å². The van der Waals surface area contributed by atoms with E-state index in [4.69, 9.17) is 0 Å². The number of benzene rings is 1. The van der Waals surface area contributed by atoms with Crippen LogP contribution < -0.4 is 9.80 Å². The van der Waals surface area contributed by atoms with Crippen molar-refractivity contribution in [1.82, 2.24) is 14.8 Å². The Morgan fingerprint density at radius 1 is 1.20 bits per heavy atom. The molecule has 2 aromatic rings. The Balaban J connectivity index is 1.85. The number of rotatable bonds is 3. The quantitative estimate of drug-likeness (QED) is 0.856. The van der Waals surface area contributed by atoms with Gasteiger partial charge in [-0.25, -0.2) is 4.98 Å². The van der Waals surface area contributed by atoms with Crippen LogP contribution in [0.2, 0.25) is 0 Å². The van der Waals surface area contributed by atoms with Crippen molar-refractivity contribution in [3.05, 3.63) is 36.9 Å². The molecule has 3 rings (SSSR count). The van der Waals surface area contributed by atoms with E-state index in [1.54, 1.807) is 12.7 Å². The van der Waals surface area contributed by atoms with Crippen LogP contribution in [0.25, 0.3) is 0 Å². The van der Waals surface area contributed by atoms with Gasteiger partial charge in [-0.3, -0.25) is 4.68 Å². The normalized spacial score (nSPS) is 18.8. The molecule has 1 aliphatic heterocycles. The van der Waals surface area contributed by atoms with E-state index in [2.05, 4.69) is 58.1 Å². The number of nitrogens with zero attached hydrogens (tertiary/aromatic N) is 5. The van der Waals surface area contributed by atoms with Crippen molar-refractivity contribution >= 4 is 11.4 Å². The lowest BCUT2D eigenvalue weighted by Crippen LogP contribution is -2.35. The molecule has 0 radical (unpaired) electrons. The lowest BCUT2D eigenvalue weighted by Gasteiger charge is -2.30. The van der Waals surface area contributed by atoms with Crippen LogP contribution in [0.3, 0.4) is 0 Å². The average molecular weight is 271 g/mol. The van der Waals surface area contributed by atoms with E-state index in [-0.39, 0.29) is 0 Å². The van der Waals surface area contributed by atoms with E-state index >= 15 is 0 Å². The number of aromatic nitrogens is 3. The molecule has 1 aromatic carbocycles. The van der Waals surface area contributed by atoms with Gasteiger partial charge >= 0.3 is 0 Å². The standard InChI is InChI=1S/C15H21N5/c1-13-7-8-18(2)14-5-3-4-6-15(14)20(13)10-9-19-12-16-11-17-19/h3-6,11-13H,7-10H2,1-2H3/t13-/m0/s1. The molecule has 0 unspecified atom stereocenters. The number of hydrogen-bond acceptors (Lipinski definition) is 4. The zero-order chi connectivity index (χ0) is 13.9. The monoisotopic (exact) mass is 271 g/mol. The highest BCUT2D eigenvalue weighted by molar-refractivity contribution is 5.72. The SMILES string of the molecule is C[C@H]1CCN(C)c2ccccc2N1CCn1cncn1. The molecule has 2 heterocycles. The van der Waals surface area contributed by atoms with Crippen molar-refractivity contribution in [1.29, 1.82) is 0 Å². The smallest absolute Gasteiger partial charge is 0.137 e. The van der Waals surface area contributed by atoms with Gasteiger partial charge in [-0.1, -0.05) is 12.1 Å². The summed E-state index contributed by atoms with van der Waals surface area (Å²) in [4.78, 5) is 8.84. The zero-order valence-electron chi connectivity index (χ0n) is 12.1. The van der Waals surface area contributed by atoms with Crippen molar-refractivity contribution in [2.24, 2.45) is 0 Å². The number of anilines is 2. The van der Waals surface area contributed by atoms with Gasteiger partial charge in [0.2, 0.25) is 0 Å². The van der Waals surface area contributed by atoms with Crippen LogP contribution >= 0.6 is 0 Å². The van der Waals surface area contributed by atoms with Crippen molar-refractivity contribution in [2.75, 3.05) is 29.9 Å². The predicted octanol–water partition coefficient (Wildman–Crippen LogP) is 2.01. The minimum absolute atomic E-state index is 0.532. The molecular weight excluding hydrogens is 250 g/mol. The summed E-state index contributed by atoms with van der Waals surface area (Å²) in [6, 6.07) is 9.18. The minimum Gasteiger partial charge on any atom is -0.373 e. The maximum atomic E-state index is 4.19. The summed E-state index contributed by atoms with van der Waals surface area (Å²) in [6.45, 7) is 5.22. The third kappa shape index (κ3) is 2.48. The molecule has 0 aliphatic carbocycles. The Labute approximate surface area is 119 Å². The summed E-state index contributed by atoms with van der Waals surface area (Å²) in [5, 5.41) is 4.19. The first-order chi connectivity index (χ1) is 9.75. The number of fused-ring (bicyclic) bond motifs is 1. The van der Waals surface area contributed by atoms with Gasteiger partial charge in [-0.05, 0) is 25.5 Å². The molecule has 0 saturated heterocycles. The fourth-order valence-corrected chi connectivity index (χ4v) is 2.82. The van der Waals surface area contributed by atoms with E-state index in [1.165, 1.54) is 17.8 Å². The maximum absolute atomic E-state index is 4.19. The molecule has 0 saturated carbocycles. The second-order valence-electron chi connectivity index (χ2n) is 5.40.